The molecule has 1 aliphatic rings. The normalized spacial score (nSPS) is 13.0. The van der Waals surface area contributed by atoms with Crippen LogP contribution < -0.4 is 10.1 Å². The second-order valence-corrected chi connectivity index (χ2v) is 6.60. The number of methoxy groups -OCH3 is 1. The third-order valence-corrected chi connectivity index (χ3v) is 4.67. The number of carbonyl (C=O) groups is 1. The second-order valence-electron chi connectivity index (χ2n) is 6.60. The Hall–Kier alpha value is -3.22. The molecule has 4 rings (SSSR count). The minimum absolute atomic E-state index is 0.239. The molecule has 27 heavy (non-hydrogen) atoms. The summed E-state index contributed by atoms with van der Waals surface area (Å²) in [6.45, 7) is 3.78. The molecule has 7 heteroatoms. The van der Waals surface area contributed by atoms with Crippen LogP contribution in [-0.2, 0) is 0 Å². The first kappa shape index (κ1) is 17.2. The van der Waals surface area contributed by atoms with Crippen molar-refractivity contribution in [3.8, 4) is 17.0 Å². The van der Waals surface area contributed by atoms with E-state index in [0.29, 0.717) is 28.2 Å². The molecule has 6 nitrogen and oxygen atoms in total. The largest absolute Gasteiger partial charge is 0.496 e. The zero-order valence-electron chi connectivity index (χ0n) is 15.3. The van der Waals surface area contributed by atoms with E-state index in [0.717, 1.165) is 24.2 Å². The lowest BCUT2D eigenvalue weighted by molar-refractivity contribution is 0.0967. The summed E-state index contributed by atoms with van der Waals surface area (Å²) in [6, 6.07) is 6.11. The Morgan fingerprint density at radius 1 is 1.30 bits per heavy atom. The van der Waals surface area contributed by atoms with Crippen LogP contribution in [0, 0.1) is 12.7 Å². The fourth-order valence-electron chi connectivity index (χ4n) is 3.05. The maximum atomic E-state index is 13.5. The van der Waals surface area contributed by atoms with Crippen molar-refractivity contribution >= 4 is 11.6 Å². The third kappa shape index (κ3) is 3.16. The topological polar surface area (TPSA) is 68.5 Å². The molecule has 0 spiro atoms. The molecule has 1 saturated carbocycles. The highest BCUT2D eigenvalue weighted by atomic mass is 19.1. The fraction of sp³-hybridized carbons (Fsp3) is 0.250. The molecular weight excluding hydrogens is 347 g/mol. The number of fused-ring (bicyclic) bond motifs is 1. The number of hydrogen-bond acceptors (Lipinski definition) is 4. The van der Waals surface area contributed by atoms with Gasteiger partial charge in [0.2, 0.25) is 0 Å². The molecule has 1 aliphatic carbocycles. The number of aryl methyl sites for hydroxylation is 1. The van der Waals surface area contributed by atoms with E-state index in [4.69, 9.17) is 4.74 Å². The molecule has 0 atom stereocenters. The van der Waals surface area contributed by atoms with Crippen molar-refractivity contribution in [2.24, 2.45) is 0 Å². The van der Waals surface area contributed by atoms with Gasteiger partial charge in [-0.2, -0.15) is 5.10 Å². The number of amides is 1. The average Bonchev–Trinajstić information content (AvgIpc) is 3.41. The molecular formula is C20H19FN4O2. The van der Waals surface area contributed by atoms with Crippen LogP contribution in [0.2, 0.25) is 0 Å². The fourth-order valence-corrected chi connectivity index (χ4v) is 3.05. The van der Waals surface area contributed by atoms with Crippen molar-refractivity contribution in [1.29, 1.82) is 0 Å². The summed E-state index contributed by atoms with van der Waals surface area (Å²) in [4.78, 5) is 17.3. The minimum Gasteiger partial charge on any atom is -0.496 e. The van der Waals surface area contributed by atoms with E-state index >= 15 is 0 Å². The first-order valence-corrected chi connectivity index (χ1v) is 8.67. The lowest BCUT2D eigenvalue weighted by atomic mass is 10.1. The van der Waals surface area contributed by atoms with E-state index in [2.05, 4.69) is 15.4 Å². The summed E-state index contributed by atoms with van der Waals surface area (Å²) in [5, 5.41) is 7.20. The molecule has 0 radical (unpaired) electrons. The number of carbonyl (C=O) groups excluding carboxylic acids is 1. The van der Waals surface area contributed by atoms with Crippen LogP contribution >= 0.6 is 0 Å². The van der Waals surface area contributed by atoms with Crippen LogP contribution in [0.1, 0.15) is 35.8 Å². The maximum Gasteiger partial charge on any atom is 0.260 e. The highest BCUT2D eigenvalue weighted by molar-refractivity contribution is 6.00. The summed E-state index contributed by atoms with van der Waals surface area (Å²) in [5.41, 5.74) is 5.03. The molecule has 0 aliphatic heterocycles. The van der Waals surface area contributed by atoms with Gasteiger partial charge >= 0.3 is 0 Å². The number of benzene rings is 1. The molecule has 0 bridgehead atoms. The number of ether oxygens (including phenoxy) is 1. The van der Waals surface area contributed by atoms with Crippen molar-refractivity contribution in [2.45, 2.75) is 26.7 Å². The van der Waals surface area contributed by atoms with Gasteiger partial charge in [-0.25, -0.2) is 13.9 Å². The molecule has 138 valence electrons. The van der Waals surface area contributed by atoms with Crippen molar-refractivity contribution in [3.63, 3.8) is 0 Å². The minimum atomic E-state index is -0.388. The van der Waals surface area contributed by atoms with E-state index in [1.807, 2.05) is 19.9 Å². The Balaban J connectivity index is 1.81. The van der Waals surface area contributed by atoms with Crippen molar-refractivity contribution in [3.05, 3.63) is 58.8 Å². The number of allylic oxidation sites excluding steroid dienone is 2. The van der Waals surface area contributed by atoms with Gasteiger partial charge in [0.25, 0.3) is 5.91 Å². The van der Waals surface area contributed by atoms with Gasteiger partial charge in [0.15, 0.2) is 5.65 Å². The standard InChI is InChI=1S/C20H19FN4O2/c1-11-8-17(15-7-6-14(21)9-18(15)27-3)24-19-16(10-22-25(11)19)20(26)23-12(2)13-4-5-13/h6-10H,4-5H2,1-3H3,(H,23,26). The number of rotatable bonds is 4. The van der Waals surface area contributed by atoms with Crippen LogP contribution in [0.25, 0.3) is 16.9 Å². The van der Waals surface area contributed by atoms with Crippen LogP contribution in [0.4, 0.5) is 4.39 Å². The van der Waals surface area contributed by atoms with Gasteiger partial charge in [0.1, 0.15) is 17.1 Å². The lowest BCUT2D eigenvalue weighted by Gasteiger charge is -2.10. The molecule has 1 amide bonds. The molecule has 1 aromatic carbocycles. The highest BCUT2D eigenvalue weighted by Gasteiger charge is 2.21. The van der Waals surface area contributed by atoms with Crippen LogP contribution in [-0.4, -0.2) is 27.6 Å². The maximum absolute atomic E-state index is 13.5. The first-order valence-electron chi connectivity index (χ1n) is 8.67. The summed E-state index contributed by atoms with van der Waals surface area (Å²) in [6.07, 6.45) is 3.58. The van der Waals surface area contributed by atoms with E-state index in [-0.39, 0.29) is 11.7 Å². The third-order valence-electron chi connectivity index (χ3n) is 4.67. The summed E-state index contributed by atoms with van der Waals surface area (Å²) in [5.74, 6) is -0.246. The number of nitrogens with one attached hydrogen (secondary N) is 1. The second kappa shape index (κ2) is 6.50. The zero-order valence-corrected chi connectivity index (χ0v) is 15.3. The predicted molar refractivity (Wildman–Crippen MR) is 99.1 cm³/mol. The molecule has 2 heterocycles. The van der Waals surface area contributed by atoms with Gasteiger partial charge < -0.3 is 10.1 Å². The molecule has 0 saturated heterocycles. The van der Waals surface area contributed by atoms with Gasteiger partial charge in [0, 0.05) is 23.0 Å². The lowest BCUT2D eigenvalue weighted by Crippen LogP contribution is -2.21. The smallest absolute Gasteiger partial charge is 0.260 e. The summed E-state index contributed by atoms with van der Waals surface area (Å²) < 4.78 is 20.4. The SMILES string of the molecule is COc1cc(F)ccc1-c1cc(C)n2ncc(C(=O)NC(C)=C3CC3)c2n1. The number of aromatic nitrogens is 3. The zero-order chi connectivity index (χ0) is 19.1. The Bertz CT molecular complexity index is 1090. The molecule has 2 aromatic heterocycles. The van der Waals surface area contributed by atoms with Gasteiger partial charge in [0.05, 0.1) is 19.0 Å². The van der Waals surface area contributed by atoms with Crippen molar-refractivity contribution < 1.29 is 13.9 Å². The van der Waals surface area contributed by atoms with E-state index in [1.54, 1.807) is 10.6 Å². The Morgan fingerprint density at radius 3 is 2.78 bits per heavy atom. The molecule has 0 unspecified atom stereocenters. The number of halogens is 1. The van der Waals surface area contributed by atoms with Crippen LogP contribution in [0.3, 0.4) is 0 Å². The Kier molecular flexibility index (Phi) is 4.14. The van der Waals surface area contributed by atoms with Crippen molar-refractivity contribution in [2.75, 3.05) is 7.11 Å². The van der Waals surface area contributed by atoms with E-state index < -0.39 is 0 Å². The quantitative estimate of drug-likeness (QED) is 0.765. The van der Waals surface area contributed by atoms with Gasteiger partial charge in [-0.1, -0.05) is 5.57 Å². The summed E-state index contributed by atoms with van der Waals surface area (Å²) >= 11 is 0. The van der Waals surface area contributed by atoms with Gasteiger partial charge in [-0.15, -0.1) is 0 Å². The average molecular weight is 366 g/mol. The highest BCUT2D eigenvalue weighted by Crippen LogP contribution is 2.31. The van der Waals surface area contributed by atoms with Crippen LogP contribution in [0.15, 0.2) is 41.7 Å². The first-order chi connectivity index (χ1) is 13.0. The molecule has 1 fully saturated rings. The molecule has 1 N–H and O–H groups in total. The van der Waals surface area contributed by atoms with E-state index in [1.165, 1.54) is 31.0 Å². The van der Waals surface area contributed by atoms with Crippen molar-refractivity contribution in [1.82, 2.24) is 19.9 Å². The number of nitrogens with zero attached hydrogens (tertiary/aromatic N) is 3. The Labute approximate surface area is 155 Å². The van der Waals surface area contributed by atoms with Gasteiger partial charge in [-0.05, 0) is 44.9 Å². The Morgan fingerprint density at radius 2 is 2.07 bits per heavy atom. The molecule has 3 aromatic rings. The predicted octanol–water partition coefficient (Wildman–Crippen LogP) is 3.65. The van der Waals surface area contributed by atoms with Gasteiger partial charge in [-0.3, -0.25) is 4.79 Å². The van der Waals surface area contributed by atoms with E-state index in [9.17, 15) is 9.18 Å². The number of hydrogen-bond donors (Lipinski definition) is 1. The summed E-state index contributed by atoms with van der Waals surface area (Å²) in [7, 11) is 1.48. The van der Waals surface area contributed by atoms with Crippen LogP contribution in [0.5, 0.6) is 5.75 Å². The monoisotopic (exact) mass is 366 g/mol.